The molecule has 0 spiro atoms. The van der Waals surface area contributed by atoms with Crippen LogP contribution in [0, 0.1) is 6.92 Å². The molecule has 0 saturated heterocycles. The van der Waals surface area contributed by atoms with Crippen LogP contribution in [0.5, 0.6) is 0 Å². The molecule has 0 heterocycles. The van der Waals surface area contributed by atoms with Crippen molar-refractivity contribution in [1.29, 1.82) is 0 Å². The lowest BCUT2D eigenvalue weighted by atomic mass is 10.2. The fourth-order valence-electron chi connectivity index (χ4n) is 1.74. The van der Waals surface area contributed by atoms with Gasteiger partial charge in [0.15, 0.2) is 0 Å². The van der Waals surface area contributed by atoms with E-state index in [4.69, 9.17) is 15.8 Å². The Balaban J connectivity index is 2.00. The summed E-state index contributed by atoms with van der Waals surface area (Å²) in [6.45, 7) is 1.97. The zero-order valence-corrected chi connectivity index (χ0v) is 12.6. The summed E-state index contributed by atoms with van der Waals surface area (Å²) in [5.74, 6) is 0. The molecule has 20 heavy (non-hydrogen) atoms. The molecule has 0 saturated carbocycles. The zero-order chi connectivity index (χ0) is 14.6. The van der Waals surface area contributed by atoms with Crippen molar-refractivity contribution in [1.82, 2.24) is 0 Å². The highest BCUT2D eigenvalue weighted by Crippen LogP contribution is 2.17. The van der Waals surface area contributed by atoms with E-state index in [-0.39, 0.29) is 11.5 Å². The number of halogens is 1. The number of benzene rings is 2. The van der Waals surface area contributed by atoms with Crippen molar-refractivity contribution in [2.24, 2.45) is 0 Å². The molecule has 3 nitrogen and oxygen atoms in total. The second-order valence-electron chi connectivity index (χ2n) is 4.43. The van der Waals surface area contributed by atoms with Crippen LogP contribution < -0.4 is 0 Å². The molecule has 0 bridgehead atoms. The number of aryl methyl sites for hydroxylation is 1. The van der Waals surface area contributed by atoms with Crippen LogP contribution in [0.15, 0.2) is 53.4 Å². The Morgan fingerprint density at radius 1 is 1.05 bits per heavy atom. The van der Waals surface area contributed by atoms with Gasteiger partial charge in [0, 0.05) is 5.02 Å². The highest BCUT2D eigenvalue weighted by atomic mass is 35.5. The minimum atomic E-state index is -3.70. The Bertz CT molecular complexity index is 679. The first-order chi connectivity index (χ1) is 9.49. The molecule has 2 aromatic carbocycles. The zero-order valence-electron chi connectivity index (χ0n) is 11.0. The molecular weight excluding hydrogens is 296 g/mol. The van der Waals surface area contributed by atoms with Gasteiger partial charge in [-0.3, -0.25) is 4.18 Å². The summed E-state index contributed by atoms with van der Waals surface area (Å²) in [5.41, 5.74) is 1.87. The summed E-state index contributed by atoms with van der Waals surface area (Å²) in [5, 5.41) is 0.615. The van der Waals surface area contributed by atoms with E-state index in [1.807, 2.05) is 25.1 Å². The topological polar surface area (TPSA) is 43.4 Å². The fraction of sp³-hybridized carbons (Fsp3) is 0.200. The second-order valence-corrected chi connectivity index (χ2v) is 6.45. The van der Waals surface area contributed by atoms with Crippen LogP contribution >= 0.6 is 11.6 Å². The highest BCUT2D eigenvalue weighted by molar-refractivity contribution is 7.86. The summed E-state index contributed by atoms with van der Waals surface area (Å²) in [7, 11) is -3.70. The van der Waals surface area contributed by atoms with Crippen molar-refractivity contribution in [3.8, 4) is 0 Å². The molecule has 106 valence electrons. The normalized spacial score (nSPS) is 11.5. The Hall–Kier alpha value is -1.36. The molecule has 0 aliphatic carbocycles. The predicted molar refractivity (Wildman–Crippen MR) is 79.5 cm³/mol. The average molecular weight is 311 g/mol. The molecule has 0 fully saturated rings. The van der Waals surface area contributed by atoms with Gasteiger partial charge in [0.25, 0.3) is 10.1 Å². The number of hydrogen-bond acceptors (Lipinski definition) is 3. The van der Waals surface area contributed by atoms with Crippen LogP contribution in [0.4, 0.5) is 0 Å². The second kappa shape index (κ2) is 6.39. The molecule has 0 aliphatic rings. The van der Waals surface area contributed by atoms with Gasteiger partial charge in [-0.1, -0.05) is 47.5 Å². The lowest BCUT2D eigenvalue weighted by Gasteiger charge is -2.07. The van der Waals surface area contributed by atoms with E-state index < -0.39 is 10.1 Å². The van der Waals surface area contributed by atoms with E-state index in [2.05, 4.69) is 0 Å². The minimum Gasteiger partial charge on any atom is -0.266 e. The Morgan fingerprint density at radius 3 is 2.35 bits per heavy atom. The first-order valence-corrected chi connectivity index (χ1v) is 7.97. The van der Waals surface area contributed by atoms with E-state index in [9.17, 15) is 8.42 Å². The van der Waals surface area contributed by atoms with E-state index >= 15 is 0 Å². The lowest BCUT2D eigenvalue weighted by molar-refractivity contribution is 0.322. The summed E-state index contributed by atoms with van der Waals surface area (Å²) >= 11 is 6.00. The molecule has 0 radical (unpaired) electrons. The van der Waals surface area contributed by atoms with E-state index in [1.54, 1.807) is 30.3 Å². The number of rotatable bonds is 5. The molecule has 2 rings (SSSR count). The van der Waals surface area contributed by atoms with Crippen LogP contribution in [0.1, 0.15) is 11.1 Å². The largest absolute Gasteiger partial charge is 0.296 e. The minimum absolute atomic E-state index is 0.0694. The first-order valence-electron chi connectivity index (χ1n) is 6.18. The smallest absolute Gasteiger partial charge is 0.266 e. The predicted octanol–water partition coefficient (Wildman–Crippen LogP) is 3.60. The maximum absolute atomic E-state index is 12.0. The SMILES string of the molecule is Cc1ccc(S(=O)(=O)OCCc2ccccc2Cl)cc1. The van der Waals surface area contributed by atoms with Crippen molar-refractivity contribution < 1.29 is 12.6 Å². The van der Waals surface area contributed by atoms with E-state index in [0.29, 0.717) is 11.4 Å². The number of hydrogen-bond donors (Lipinski definition) is 0. The Morgan fingerprint density at radius 2 is 1.70 bits per heavy atom. The van der Waals surface area contributed by atoms with Crippen molar-refractivity contribution in [3.05, 3.63) is 64.7 Å². The van der Waals surface area contributed by atoms with Crippen LogP contribution in [0.2, 0.25) is 5.02 Å². The lowest BCUT2D eigenvalue weighted by Crippen LogP contribution is -2.09. The van der Waals surface area contributed by atoms with Crippen LogP contribution in [0.25, 0.3) is 0 Å². The monoisotopic (exact) mass is 310 g/mol. The first kappa shape index (κ1) is 15.0. The van der Waals surface area contributed by atoms with Crippen LogP contribution in [-0.2, 0) is 20.7 Å². The summed E-state index contributed by atoms with van der Waals surface area (Å²) < 4.78 is 29.0. The Labute approximate surface area is 124 Å². The molecule has 0 N–H and O–H groups in total. The standard InChI is InChI=1S/C15H15ClO3S/c1-12-6-8-14(9-7-12)20(17,18)19-11-10-13-4-2-3-5-15(13)16/h2-9H,10-11H2,1H3. The van der Waals surface area contributed by atoms with Crippen molar-refractivity contribution in [3.63, 3.8) is 0 Å². The van der Waals surface area contributed by atoms with Crippen molar-refractivity contribution in [2.75, 3.05) is 6.61 Å². The molecule has 5 heteroatoms. The third-order valence-electron chi connectivity index (χ3n) is 2.88. The van der Waals surface area contributed by atoms with Crippen molar-refractivity contribution >= 4 is 21.7 Å². The molecule has 0 amide bonds. The summed E-state index contributed by atoms with van der Waals surface area (Å²) in [4.78, 5) is 0.169. The maximum Gasteiger partial charge on any atom is 0.296 e. The van der Waals surface area contributed by atoms with E-state index in [1.165, 1.54) is 0 Å². The van der Waals surface area contributed by atoms with Gasteiger partial charge >= 0.3 is 0 Å². The summed E-state index contributed by atoms with van der Waals surface area (Å²) in [6.07, 6.45) is 0.449. The molecule has 0 atom stereocenters. The van der Waals surface area contributed by atoms with Crippen LogP contribution in [0.3, 0.4) is 0 Å². The van der Waals surface area contributed by atoms with Gasteiger partial charge in [-0.05, 0) is 37.1 Å². The van der Waals surface area contributed by atoms with Crippen LogP contribution in [-0.4, -0.2) is 15.0 Å². The van der Waals surface area contributed by atoms with Gasteiger partial charge in [-0.15, -0.1) is 0 Å². The van der Waals surface area contributed by atoms with Gasteiger partial charge in [-0.2, -0.15) is 8.42 Å². The van der Waals surface area contributed by atoms with Gasteiger partial charge in [0.2, 0.25) is 0 Å². The van der Waals surface area contributed by atoms with E-state index in [0.717, 1.165) is 11.1 Å². The molecule has 0 unspecified atom stereocenters. The molecule has 2 aromatic rings. The van der Waals surface area contributed by atoms with Gasteiger partial charge in [0.1, 0.15) is 0 Å². The van der Waals surface area contributed by atoms with Gasteiger partial charge < -0.3 is 0 Å². The average Bonchev–Trinajstić information content (AvgIpc) is 2.41. The quantitative estimate of drug-likeness (QED) is 0.793. The Kier molecular flexibility index (Phi) is 4.81. The molecular formula is C15H15ClO3S. The van der Waals surface area contributed by atoms with Crippen molar-refractivity contribution in [2.45, 2.75) is 18.2 Å². The summed E-state index contributed by atoms with van der Waals surface area (Å²) in [6, 6.07) is 13.9. The maximum atomic E-state index is 12.0. The third kappa shape index (κ3) is 3.82. The van der Waals surface area contributed by atoms with Gasteiger partial charge in [-0.25, -0.2) is 0 Å². The third-order valence-corrected chi connectivity index (χ3v) is 4.57. The van der Waals surface area contributed by atoms with Gasteiger partial charge in [0.05, 0.1) is 11.5 Å². The fourth-order valence-corrected chi connectivity index (χ4v) is 2.87. The molecule has 0 aliphatic heterocycles. The molecule has 0 aromatic heterocycles. The highest BCUT2D eigenvalue weighted by Gasteiger charge is 2.14.